The third-order valence-corrected chi connectivity index (χ3v) is 19.4. The third kappa shape index (κ3) is 13.1. The number of hydrogen-bond acceptors (Lipinski definition) is 18. The van der Waals surface area contributed by atoms with Crippen molar-refractivity contribution in [3.05, 3.63) is 105 Å². The van der Waals surface area contributed by atoms with E-state index in [4.69, 9.17) is 9.47 Å². The average molecular weight is 1160 g/mol. The van der Waals surface area contributed by atoms with Gasteiger partial charge in [0, 0.05) is 119 Å². The number of halogens is 1. The van der Waals surface area contributed by atoms with Crippen LogP contribution in [0.25, 0.3) is 10.9 Å². The number of H-pyrrole nitrogens is 1. The smallest absolute Gasteiger partial charge is 0.251 e. The van der Waals surface area contributed by atoms with Gasteiger partial charge in [-0.15, -0.1) is 0 Å². The summed E-state index contributed by atoms with van der Waals surface area (Å²) in [5.41, 5.74) is 4.84. The van der Waals surface area contributed by atoms with Crippen LogP contribution in [0, 0.1) is 5.82 Å². The predicted molar refractivity (Wildman–Crippen MR) is 319 cm³/mol. The highest BCUT2D eigenvalue weighted by molar-refractivity contribution is 7.92. The van der Waals surface area contributed by atoms with E-state index in [2.05, 4.69) is 67.1 Å². The van der Waals surface area contributed by atoms with Gasteiger partial charge in [-0.2, -0.15) is 0 Å². The number of carbonyl (C=O) groups is 2. The van der Waals surface area contributed by atoms with Crippen LogP contribution in [0.5, 0.6) is 11.5 Å². The van der Waals surface area contributed by atoms with E-state index in [1.54, 1.807) is 62.3 Å². The Hall–Kier alpha value is -6.92. The summed E-state index contributed by atoms with van der Waals surface area (Å²) in [6.07, 6.45) is 5.80. The lowest BCUT2D eigenvalue weighted by Gasteiger charge is -2.45. The van der Waals surface area contributed by atoms with Crippen LogP contribution in [0.4, 0.5) is 21.8 Å². The molecule has 3 fully saturated rings. The van der Waals surface area contributed by atoms with Crippen LogP contribution in [0.15, 0.2) is 87.0 Å². The van der Waals surface area contributed by atoms with Crippen LogP contribution in [-0.4, -0.2) is 198 Å². The molecule has 0 radical (unpaired) electrons. The van der Waals surface area contributed by atoms with Crippen molar-refractivity contribution in [2.75, 3.05) is 120 Å². The number of aliphatic imine (C=N–C) groups is 1. The van der Waals surface area contributed by atoms with Crippen LogP contribution in [0.3, 0.4) is 0 Å². The van der Waals surface area contributed by atoms with Gasteiger partial charge in [0.2, 0.25) is 17.8 Å². The quantitative estimate of drug-likeness (QED) is 0.0975. The Morgan fingerprint density at radius 3 is 2.36 bits per heavy atom. The van der Waals surface area contributed by atoms with Gasteiger partial charge < -0.3 is 39.8 Å². The molecule has 83 heavy (non-hydrogen) atoms. The molecule has 3 aromatic heterocycles. The van der Waals surface area contributed by atoms with E-state index < -0.39 is 20.0 Å². The zero-order valence-electron chi connectivity index (χ0n) is 49.3. The lowest BCUT2D eigenvalue weighted by molar-refractivity contribution is -0.142. The molecule has 0 spiro atoms. The number of amides is 2. The fourth-order valence-electron chi connectivity index (χ4n) is 11.6. The van der Waals surface area contributed by atoms with E-state index in [9.17, 15) is 27.2 Å². The number of benzene rings is 2. The molecular weight excluding hydrogens is 1080 g/mol. The number of carbonyl (C=O) groups excluding carboxylic acids is 2. The topological polar surface area (TPSA) is 227 Å². The van der Waals surface area contributed by atoms with Crippen molar-refractivity contribution in [2.24, 2.45) is 4.99 Å². The van der Waals surface area contributed by atoms with Gasteiger partial charge in [0.25, 0.3) is 5.56 Å². The number of aromatic amines is 1. The number of piperazine rings is 3. The molecule has 3 atom stereocenters. The van der Waals surface area contributed by atoms with Crippen molar-refractivity contribution in [3.63, 3.8) is 0 Å². The van der Waals surface area contributed by atoms with Crippen LogP contribution in [0.2, 0.25) is 0 Å². The van der Waals surface area contributed by atoms with Crippen molar-refractivity contribution < 1.29 is 31.9 Å². The summed E-state index contributed by atoms with van der Waals surface area (Å²) in [5.74, 6) is 2.24. The zero-order chi connectivity index (χ0) is 59.0. The summed E-state index contributed by atoms with van der Waals surface area (Å²) < 4.78 is 52.9. The molecule has 2 amide bonds. The molecule has 3 N–H and O–H groups in total. The number of rotatable bonds is 18. The fraction of sp³-hybridized carbons (Fsp3) is 0.533. The maximum atomic E-state index is 14.4. The van der Waals surface area contributed by atoms with E-state index in [1.807, 2.05) is 45.6 Å². The maximum absolute atomic E-state index is 14.4. The standard InChI is InChI=1S/C60H79FN14O7S/c1-38-29-63-54(40(38)3)69-55-47-27-51(83(79,80)59(5,6)7)50(28-48(47)66-37-67-55)82-23-10-15-70-16-18-72(19-17-70)58-64-31-46(32-65-58)81-24-22-71-20-21-73(41(4)57(71)78)34-45-30-62-39(2)33-74(45)35-52(76)75-36-60(8,9)53-49(75)26-43(56(77)68-53)25-42-11-13-44(61)14-12-42/h11-14,26-28,31-32,37,39,41,45,62H,10,15-25,29-30,33-36H2,1-9H3,(H,68,77)(H,63,66,67,69)/t39-,41-,45-/m1/s1. The summed E-state index contributed by atoms with van der Waals surface area (Å²) in [4.78, 5) is 80.0. The Morgan fingerprint density at radius 1 is 0.904 bits per heavy atom. The second-order valence-electron chi connectivity index (χ2n) is 24.4. The van der Waals surface area contributed by atoms with Crippen LogP contribution < -0.4 is 35.5 Å². The van der Waals surface area contributed by atoms with E-state index >= 15 is 0 Å². The van der Waals surface area contributed by atoms with Crippen molar-refractivity contribution in [1.29, 1.82) is 0 Å². The molecule has 444 valence electrons. The summed E-state index contributed by atoms with van der Waals surface area (Å²) in [5, 5.41) is 7.46. The second kappa shape index (κ2) is 24.4. The maximum Gasteiger partial charge on any atom is 0.251 e. The minimum Gasteiger partial charge on any atom is -0.492 e. The number of nitrogens with one attached hydrogen (secondary N) is 3. The highest BCUT2D eigenvalue weighted by Gasteiger charge is 2.42. The fourth-order valence-corrected chi connectivity index (χ4v) is 12.9. The summed E-state index contributed by atoms with van der Waals surface area (Å²) in [6.45, 7) is 26.4. The minimum atomic E-state index is -3.81. The monoisotopic (exact) mass is 1160 g/mol. The number of anilines is 3. The molecule has 5 aliphatic heterocycles. The Labute approximate surface area is 485 Å². The zero-order valence-corrected chi connectivity index (χ0v) is 50.1. The molecule has 5 aliphatic rings. The molecule has 0 aliphatic carbocycles. The average Bonchev–Trinajstić information content (AvgIpc) is 3.10. The minimum absolute atomic E-state index is 0.0155. The molecular formula is C60H79FN14O7S. The van der Waals surface area contributed by atoms with Gasteiger partial charge in [-0.25, -0.2) is 32.7 Å². The Balaban J connectivity index is 0.666. The molecule has 5 aromatic rings. The third-order valence-electron chi connectivity index (χ3n) is 16.9. The molecule has 8 heterocycles. The number of pyridine rings is 1. The lowest BCUT2D eigenvalue weighted by Crippen LogP contribution is -2.64. The molecule has 3 saturated heterocycles. The number of amidine groups is 1. The van der Waals surface area contributed by atoms with Crippen LogP contribution >= 0.6 is 0 Å². The molecule has 10 rings (SSSR count). The van der Waals surface area contributed by atoms with Crippen molar-refractivity contribution in [2.45, 2.75) is 108 Å². The highest BCUT2D eigenvalue weighted by atomic mass is 32.2. The van der Waals surface area contributed by atoms with Gasteiger partial charge in [-0.05, 0) is 95.9 Å². The summed E-state index contributed by atoms with van der Waals surface area (Å²) >= 11 is 0. The normalized spacial score (nSPS) is 21.0. The molecule has 23 heteroatoms. The van der Waals surface area contributed by atoms with Gasteiger partial charge in [-0.1, -0.05) is 26.0 Å². The number of ether oxygens (including phenoxy) is 2. The van der Waals surface area contributed by atoms with Crippen LogP contribution in [0.1, 0.15) is 85.6 Å². The molecule has 0 unspecified atom stereocenters. The Morgan fingerprint density at radius 2 is 1.65 bits per heavy atom. The van der Waals surface area contributed by atoms with E-state index in [1.165, 1.54) is 18.5 Å². The summed E-state index contributed by atoms with van der Waals surface area (Å²) in [7, 11) is -3.81. The van der Waals surface area contributed by atoms with E-state index in [-0.39, 0.29) is 65.1 Å². The number of hydrogen-bond donors (Lipinski definition) is 3. The van der Waals surface area contributed by atoms with E-state index in [0.717, 1.165) is 55.1 Å². The highest BCUT2D eigenvalue weighted by Crippen LogP contribution is 2.40. The first-order valence-corrected chi connectivity index (χ1v) is 30.4. The van der Waals surface area contributed by atoms with Crippen molar-refractivity contribution in [1.82, 2.24) is 49.8 Å². The number of aromatic nitrogens is 5. The first-order chi connectivity index (χ1) is 39.5. The van der Waals surface area contributed by atoms with Gasteiger partial charge in [0.05, 0.1) is 60.6 Å². The number of sulfone groups is 1. The first-order valence-electron chi connectivity index (χ1n) is 28.9. The number of nitrogens with zero attached hydrogens (tertiary/aromatic N) is 11. The SMILES string of the molecule is CC1=C(C)C(Nc2ncnc3cc(OCCCN4CCN(c5ncc(OCCN6CCN(C[C@H]7CN[C@H](C)CN7CC(=O)N7CC(C)(C)c8[nH]c(=O)c(Cc9ccc(F)cc9)cc87)[C@H](C)C6=O)cn5)CC4)c(S(=O)(=O)C(C)(C)C)cc23)=NC1. The van der Waals surface area contributed by atoms with Gasteiger partial charge in [0.1, 0.15) is 41.0 Å². The second-order valence-corrected chi connectivity index (χ2v) is 27.1. The van der Waals surface area contributed by atoms with Gasteiger partial charge in [-0.3, -0.25) is 34.1 Å². The predicted octanol–water partition coefficient (Wildman–Crippen LogP) is 5.06. The first kappa shape index (κ1) is 59.2. The molecule has 0 saturated carbocycles. The Kier molecular flexibility index (Phi) is 17.4. The molecule has 0 bridgehead atoms. The lowest BCUT2D eigenvalue weighted by atomic mass is 9.91. The number of fused-ring (bicyclic) bond motifs is 2. The van der Waals surface area contributed by atoms with Crippen LogP contribution in [-0.2, 0) is 31.3 Å². The van der Waals surface area contributed by atoms with Crippen molar-refractivity contribution in [3.8, 4) is 11.5 Å². The molecule has 2 aromatic carbocycles. The Bertz CT molecular complexity index is 3450. The molecule has 21 nitrogen and oxygen atoms in total. The summed E-state index contributed by atoms with van der Waals surface area (Å²) in [6, 6.07) is 11.0. The van der Waals surface area contributed by atoms with Crippen molar-refractivity contribution >= 4 is 55.8 Å². The van der Waals surface area contributed by atoms with Gasteiger partial charge in [0.15, 0.2) is 15.6 Å². The van der Waals surface area contributed by atoms with E-state index in [0.29, 0.717) is 117 Å². The van der Waals surface area contributed by atoms with Gasteiger partial charge >= 0.3 is 0 Å². The largest absolute Gasteiger partial charge is 0.492 e.